The molecule has 0 saturated heterocycles. The van der Waals surface area contributed by atoms with Crippen molar-refractivity contribution in [2.24, 2.45) is 0 Å². The fourth-order valence-electron chi connectivity index (χ4n) is 2.96. The molecule has 3 heterocycles. The van der Waals surface area contributed by atoms with Gasteiger partial charge in [-0.05, 0) is 61.0 Å². The van der Waals surface area contributed by atoms with Gasteiger partial charge in [-0.1, -0.05) is 11.6 Å². The first-order valence-electron chi connectivity index (χ1n) is 9.43. The number of nitrogens with one attached hydrogen (secondary N) is 1. The minimum atomic E-state index is -0.341. The van der Waals surface area contributed by atoms with E-state index in [0.29, 0.717) is 34.5 Å². The molecule has 0 aliphatic heterocycles. The predicted molar refractivity (Wildman–Crippen MR) is 116 cm³/mol. The third kappa shape index (κ3) is 4.70. The summed E-state index contributed by atoms with van der Waals surface area (Å²) in [6.45, 7) is 2.12. The molecule has 0 aliphatic carbocycles. The Kier molecular flexibility index (Phi) is 5.90. The van der Waals surface area contributed by atoms with Crippen molar-refractivity contribution >= 4 is 23.6 Å². The van der Waals surface area contributed by atoms with Gasteiger partial charge in [0.25, 0.3) is 0 Å². The second kappa shape index (κ2) is 8.93. The van der Waals surface area contributed by atoms with Crippen LogP contribution in [0.2, 0.25) is 5.15 Å². The third-order valence-corrected chi connectivity index (χ3v) is 4.90. The van der Waals surface area contributed by atoms with Gasteiger partial charge in [0, 0.05) is 36.8 Å². The first kappa shape index (κ1) is 20.5. The van der Waals surface area contributed by atoms with Crippen LogP contribution in [0.15, 0.2) is 67.1 Å². The van der Waals surface area contributed by atoms with E-state index in [0.717, 1.165) is 5.56 Å². The summed E-state index contributed by atoms with van der Waals surface area (Å²) < 4.78 is 16.3. The second-order valence-corrected chi connectivity index (χ2v) is 7.06. The number of hydrogen-bond donors (Lipinski definition) is 1. The number of aryl methyl sites for hydroxylation is 1. The van der Waals surface area contributed by atoms with E-state index in [-0.39, 0.29) is 11.7 Å². The molecule has 156 valence electrons. The van der Waals surface area contributed by atoms with Gasteiger partial charge in [-0.3, -0.25) is 4.79 Å². The van der Waals surface area contributed by atoms with Gasteiger partial charge in [0.15, 0.2) is 5.82 Å². The maximum absolute atomic E-state index is 13.2. The van der Waals surface area contributed by atoms with Crippen molar-refractivity contribution < 1.29 is 9.18 Å². The molecule has 0 fully saturated rings. The van der Waals surface area contributed by atoms with Crippen molar-refractivity contribution in [3.05, 3.63) is 94.9 Å². The lowest BCUT2D eigenvalue weighted by Crippen LogP contribution is -2.20. The standard InChI is InChI=1S/C22H18ClFN6O/c1-15-19(22(23)30(28-15)18-5-3-17(24)4-6-18)7-8-21(31)26-14-16-9-11-25-20(13-16)29-12-2-10-27-29/h2-13H,14H2,1H3,(H,26,31)/b8-7+. The fourth-order valence-corrected chi connectivity index (χ4v) is 3.30. The van der Waals surface area contributed by atoms with E-state index < -0.39 is 0 Å². The molecule has 1 aromatic carbocycles. The highest BCUT2D eigenvalue weighted by Gasteiger charge is 2.13. The van der Waals surface area contributed by atoms with Crippen LogP contribution < -0.4 is 5.32 Å². The molecule has 0 unspecified atom stereocenters. The van der Waals surface area contributed by atoms with Crippen molar-refractivity contribution in [1.29, 1.82) is 0 Å². The molecule has 9 heteroatoms. The summed E-state index contributed by atoms with van der Waals surface area (Å²) in [5.74, 6) is 0.0526. The molecule has 0 bridgehead atoms. The van der Waals surface area contributed by atoms with Crippen molar-refractivity contribution in [1.82, 2.24) is 29.9 Å². The highest BCUT2D eigenvalue weighted by molar-refractivity contribution is 6.31. The Bertz CT molecular complexity index is 1230. The molecule has 0 spiro atoms. The number of hydrogen-bond acceptors (Lipinski definition) is 4. The quantitative estimate of drug-likeness (QED) is 0.465. The van der Waals surface area contributed by atoms with E-state index in [9.17, 15) is 9.18 Å². The highest BCUT2D eigenvalue weighted by atomic mass is 35.5. The van der Waals surface area contributed by atoms with E-state index in [1.807, 2.05) is 18.2 Å². The van der Waals surface area contributed by atoms with Crippen LogP contribution in [0.3, 0.4) is 0 Å². The number of halogens is 2. The number of pyridine rings is 1. The smallest absolute Gasteiger partial charge is 0.244 e. The summed E-state index contributed by atoms with van der Waals surface area (Å²) in [6, 6.07) is 11.3. The lowest BCUT2D eigenvalue weighted by molar-refractivity contribution is -0.116. The Hall–Kier alpha value is -3.78. The van der Waals surface area contributed by atoms with Crippen LogP contribution in [0, 0.1) is 12.7 Å². The lowest BCUT2D eigenvalue weighted by Gasteiger charge is -2.05. The number of aromatic nitrogens is 5. The summed E-state index contributed by atoms with van der Waals surface area (Å²) >= 11 is 6.44. The summed E-state index contributed by atoms with van der Waals surface area (Å²) in [5, 5.41) is 11.7. The molecule has 7 nitrogen and oxygen atoms in total. The van der Waals surface area contributed by atoms with E-state index in [1.165, 1.54) is 22.9 Å². The second-order valence-electron chi connectivity index (χ2n) is 6.70. The lowest BCUT2D eigenvalue weighted by atomic mass is 10.2. The molecule has 0 atom stereocenters. The maximum atomic E-state index is 13.2. The number of benzene rings is 1. The van der Waals surface area contributed by atoms with Crippen molar-refractivity contribution in [2.75, 3.05) is 0 Å². The molecule has 0 saturated carbocycles. The first-order valence-corrected chi connectivity index (χ1v) is 9.81. The topological polar surface area (TPSA) is 77.6 Å². The number of amides is 1. The summed E-state index contributed by atoms with van der Waals surface area (Å²) in [5.41, 5.74) is 2.78. The summed E-state index contributed by atoms with van der Waals surface area (Å²) in [6.07, 6.45) is 8.15. The number of carbonyl (C=O) groups is 1. The van der Waals surface area contributed by atoms with Crippen LogP contribution >= 0.6 is 11.6 Å². The minimum Gasteiger partial charge on any atom is -0.348 e. The SMILES string of the molecule is Cc1nn(-c2ccc(F)cc2)c(Cl)c1/C=C/C(=O)NCc1ccnc(-n2cccn2)c1. The van der Waals surface area contributed by atoms with Gasteiger partial charge < -0.3 is 5.32 Å². The van der Waals surface area contributed by atoms with Crippen LogP contribution in [-0.4, -0.2) is 30.5 Å². The van der Waals surface area contributed by atoms with Gasteiger partial charge in [0.1, 0.15) is 11.0 Å². The Morgan fingerprint density at radius 2 is 2.03 bits per heavy atom. The van der Waals surface area contributed by atoms with Gasteiger partial charge >= 0.3 is 0 Å². The Labute approximate surface area is 182 Å². The molecular formula is C22H18ClFN6O. The van der Waals surface area contributed by atoms with Crippen LogP contribution in [-0.2, 0) is 11.3 Å². The van der Waals surface area contributed by atoms with E-state index in [2.05, 4.69) is 20.5 Å². The number of carbonyl (C=O) groups excluding carboxylic acids is 1. The Morgan fingerprint density at radius 3 is 2.77 bits per heavy atom. The zero-order valence-corrected chi connectivity index (χ0v) is 17.3. The van der Waals surface area contributed by atoms with Crippen LogP contribution in [0.4, 0.5) is 4.39 Å². The van der Waals surface area contributed by atoms with Crippen molar-refractivity contribution in [2.45, 2.75) is 13.5 Å². The zero-order chi connectivity index (χ0) is 21.8. The predicted octanol–water partition coefficient (Wildman–Crippen LogP) is 3.88. The van der Waals surface area contributed by atoms with Gasteiger partial charge in [-0.15, -0.1) is 0 Å². The van der Waals surface area contributed by atoms with Crippen molar-refractivity contribution in [3.63, 3.8) is 0 Å². The van der Waals surface area contributed by atoms with Crippen LogP contribution in [0.25, 0.3) is 17.6 Å². The molecule has 0 radical (unpaired) electrons. The monoisotopic (exact) mass is 436 g/mol. The van der Waals surface area contributed by atoms with Gasteiger partial charge in [-0.2, -0.15) is 10.2 Å². The molecule has 4 rings (SSSR count). The highest BCUT2D eigenvalue weighted by Crippen LogP contribution is 2.24. The minimum absolute atomic E-state index is 0.276. The van der Waals surface area contributed by atoms with E-state index in [1.54, 1.807) is 48.4 Å². The number of rotatable bonds is 6. The molecule has 4 aromatic rings. The Morgan fingerprint density at radius 1 is 1.23 bits per heavy atom. The van der Waals surface area contributed by atoms with Gasteiger partial charge in [0.05, 0.1) is 11.4 Å². The molecule has 31 heavy (non-hydrogen) atoms. The molecular weight excluding hydrogens is 419 g/mol. The first-order chi connectivity index (χ1) is 15.0. The maximum Gasteiger partial charge on any atom is 0.244 e. The Balaban J connectivity index is 1.43. The van der Waals surface area contributed by atoms with Crippen molar-refractivity contribution in [3.8, 4) is 11.5 Å². The largest absolute Gasteiger partial charge is 0.348 e. The summed E-state index contributed by atoms with van der Waals surface area (Å²) in [4.78, 5) is 16.6. The molecule has 0 aliphatic rings. The summed E-state index contributed by atoms with van der Waals surface area (Å²) in [7, 11) is 0. The molecule has 3 aromatic heterocycles. The third-order valence-electron chi connectivity index (χ3n) is 4.54. The molecule has 1 N–H and O–H groups in total. The average Bonchev–Trinajstić information content (AvgIpc) is 3.40. The fraction of sp³-hybridized carbons (Fsp3) is 0.0909. The average molecular weight is 437 g/mol. The van der Waals surface area contributed by atoms with Gasteiger partial charge in [-0.25, -0.2) is 18.7 Å². The molecule has 1 amide bonds. The van der Waals surface area contributed by atoms with Crippen LogP contribution in [0.5, 0.6) is 0 Å². The van der Waals surface area contributed by atoms with Gasteiger partial charge in [0.2, 0.25) is 5.91 Å². The normalized spacial score (nSPS) is 11.2. The van der Waals surface area contributed by atoms with Crippen LogP contribution in [0.1, 0.15) is 16.8 Å². The van der Waals surface area contributed by atoms with E-state index >= 15 is 0 Å². The zero-order valence-electron chi connectivity index (χ0n) is 16.5. The number of nitrogens with zero attached hydrogens (tertiary/aromatic N) is 5. The van der Waals surface area contributed by atoms with E-state index in [4.69, 9.17) is 11.6 Å².